The van der Waals surface area contributed by atoms with Gasteiger partial charge in [0.15, 0.2) is 0 Å². The van der Waals surface area contributed by atoms with Crippen molar-refractivity contribution in [2.75, 3.05) is 20.2 Å². The summed E-state index contributed by atoms with van der Waals surface area (Å²) < 4.78 is 5.45. The zero-order chi connectivity index (χ0) is 16.2. The fraction of sp³-hybridized carbons (Fsp3) is 0.316. The van der Waals surface area contributed by atoms with Gasteiger partial charge in [0.05, 0.1) is 7.11 Å². The second-order valence-electron chi connectivity index (χ2n) is 5.90. The van der Waals surface area contributed by atoms with Gasteiger partial charge in [0.25, 0.3) is 0 Å². The van der Waals surface area contributed by atoms with Gasteiger partial charge in [-0.25, -0.2) is 0 Å². The number of piperidine rings is 1. The zero-order valence-electron chi connectivity index (χ0n) is 13.4. The molecular formula is C19H22N2O2. The molecule has 0 aliphatic carbocycles. The number of nitrogens with two attached hydrogens (primary N) is 1. The Morgan fingerprint density at radius 1 is 1.22 bits per heavy atom. The van der Waals surface area contributed by atoms with Crippen molar-refractivity contribution in [2.45, 2.75) is 18.9 Å². The van der Waals surface area contributed by atoms with E-state index in [1.807, 2.05) is 41.3 Å². The van der Waals surface area contributed by atoms with Crippen LogP contribution in [0.15, 0.2) is 42.5 Å². The second kappa shape index (κ2) is 6.84. The lowest BCUT2D eigenvalue weighted by molar-refractivity contribution is -0.126. The summed E-state index contributed by atoms with van der Waals surface area (Å²) in [6.45, 7) is 1.47. The lowest BCUT2D eigenvalue weighted by Crippen LogP contribution is -2.42. The number of likely N-dealkylation sites (tertiary alicyclic amines) is 1. The maximum Gasteiger partial charge on any atom is 0.246 e. The predicted octanol–water partition coefficient (Wildman–Crippen LogP) is 2.81. The average Bonchev–Trinajstić information content (AvgIpc) is 2.59. The number of benzene rings is 2. The first-order chi connectivity index (χ1) is 11.2. The Morgan fingerprint density at radius 2 is 1.96 bits per heavy atom. The Labute approximate surface area is 136 Å². The number of amides is 1. The van der Waals surface area contributed by atoms with E-state index in [9.17, 15) is 4.79 Å². The maximum absolute atomic E-state index is 12.4. The van der Waals surface area contributed by atoms with Crippen LogP contribution in [0.5, 0.6) is 5.75 Å². The normalized spacial score (nSPS) is 16.2. The van der Waals surface area contributed by atoms with E-state index in [1.54, 1.807) is 13.2 Å². The van der Waals surface area contributed by atoms with Crippen molar-refractivity contribution in [3.63, 3.8) is 0 Å². The number of methoxy groups -OCH3 is 1. The largest absolute Gasteiger partial charge is 0.496 e. The Bertz CT molecular complexity index is 731. The van der Waals surface area contributed by atoms with Crippen LogP contribution in [0.25, 0.3) is 16.8 Å². The molecule has 2 aromatic carbocycles. The van der Waals surface area contributed by atoms with Gasteiger partial charge >= 0.3 is 0 Å². The molecule has 1 fully saturated rings. The van der Waals surface area contributed by atoms with Crippen LogP contribution < -0.4 is 10.5 Å². The predicted molar refractivity (Wildman–Crippen MR) is 93.3 cm³/mol. The highest BCUT2D eigenvalue weighted by atomic mass is 16.5. The summed E-state index contributed by atoms with van der Waals surface area (Å²) in [6.07, 6.45) is 5.24. The summed E-state index contributed by atoms with van der Waals surface area (Å²) in [5.41, 5.74) is 6.83. The van der Waals surface area contributed by atoms with E-state index in [2.05, 4.69) is 6.07 Å². The molecule has 0 unspecified atom stereocenters. The smallest absolute Gasteiger partial charge is 0.246 e. The molecule has 2 aromatic rings. The quantitative estimate of drug-likeness (QED) is 0.887. The molecule has 3 rings (SSSR count). The van der Waals surface area contributed by atoms with Crippen LogP contribution in [0.3, 0.4) is 0 Å². The fourth-order valence-corrected chi connectivity index (χ4v) is 3.01. The third-order valence-corrected chi connectivity index (χ3v) is 4.39. The maximum atomic E-state index is 12.4. The van der Waals surface area contributed by atoms with Gasteiger partial charge < -0.3 is 15.4 Å². The number of ether oxygens (including phenoxy) is 1. The molecule has 23 heavy (non-hydrogen) atoms. The van der Waals surface area contributed by atoms with Gasteiger partial charge in [0, 0.05) is 30.8 Å². The van der Waals surface area contributed by atoms with E-state index in [-0.39, 0.29) is 11.9 Å². The summed E-state index contributed by atoms with van der Waals surface area (Å²) >= 11 is 0. The molecule has 1 heterocycles. The highest BCUT2D eigenvalue weighted by Crippen LogP contribution is 2.29. The molecule has 0 aromatic heterocycles. The van der Waals surface area contributed by atoms with Crippen molar-refractivity contribution in [2.24, 2.45) is 5.73 Å². The lowest BCUT2D eigenvalue weighted by Gasteiger charge is -2.29. The first kappa shape index (κ1) is 15.6. The third kappa shape index (κ3) is 3.37. The van der Waals surface area contributed by atoms with Crippen molar-refractivity contribution in [1.82, 2.24) is 4.90 Å². The molecular weight excluding hydrogens is 288 g/mol. The molecule has 4 nitrogen and oxygen atoms in total. The van der Waals surface area contributed by atoms with Crippen molar-refractivity contribution in [3.8, 4) is 5.75 Å². The van der Waals surface area contributed by atoms with Gasteiger partial charge in [-0.3, -0.25) is 4.79 Å². The van der Waals surface area contributed by atoms with E-state index in [1.165, 1.54) is 0 Å². The summed E-state index contributed by atoms with van der Waals surface area (Å²) in [5, 5.41) is 2.21. The molecule has 0 radical (unpaired) electrons. The van der Waals surface area contributed by atoms with Crippen LogP contribution >= 0.6 is 0 Å². The van der Waals surface area contributed by atoms with E-state index in [0.717, 1.165) is 48.0 Å². The minimum Gasteiger partial charge on any atom is -0.496 e. The number of rotatable bonds is 3. The highest BCUT2D eigenvalue weighted by molar-refractivity contribution is 5.98. The molecule has 1 aliphatic rings. The molecule has 1 saturated heterocycles. The van der Waals surface area contributed by atoms with Crippen LogP contribution in [-0.2, 0) is 4.79 Å². The summed E-state index contributed by atoms with van der Waals surface area (Å²) in [4.78, 5) is 14.2. The first-order valence-corrected chi connectivity index (χ1v) is 7.97. The van der Waals surface area contributed by atoms with Crippen molar-refractivity contribution >= 4 is 22.8 Å². The molecule has 4 heteroatoms. The average molecular weight is 310 g/mol. The number of carbonyl (C=O) groups is 1. The van der Waals surface area contributed by atoms with Gasteiger partial charge in [-0.05, 0) is 35.8 Å². The molecule has 1 aliphatic heterocycles. The minimum absolute atomic E-state index is 0.0342. The van der Waals surface area contributed by atoms with Gasteiger partial charge in [-0.2, -0.15) is 0 Å². The Hall–Kier alpha value is -2.33. The molecule has 2 N–H and O–H groups in total. The standard InChI is InChI=1S/C19H22N2O2/c1-23-18-8-6-14-4-2-3-5-16(14)17(18)7-9-19(22)21-12-10-15(20)11-13-21/h2-9,15H,10-13,20H2,1H3/b9-7+. The number of nitrogens with zero attached hydrogens (tertiary/aromatic N) is 1. The van der Waals surface area contributed by atoms with Gasteiger partial charge in [-0.15, -0.1) is 0 Å². The van der Waals surface area contributed by atoms with Crippen molar-refractivity contribution in [1.29, 1.82) is 0 Å². The van der Waals surface area contributed by atoms with Gasteiger partial charge in [-0.1, -0.05) is 30.3 Å². The first-order valence-electron chi connectivity index (χ1n) is 7.97. The molecule has 0 bridgehead atoms. The van der Waals surface area contributed by atoms with E-state index in [4.69, 9.17) is 10.5 Å². The molecule has 0 saturated carbocycles. The van der Waals surface area contributed by atoms with E-state index in [0.29, 0.717) is 0 Å². The summed E-state index contributed by atoms with van der Waals surface area (Å²) in [5.74, 6) is 0.806. The number of fused-ring (bicyclic) bond motifs is 1. The van der Waals surface area contributed by atoms with Crippen LogP contribution in [0.1, 0.15) is 18.4 Å². The van der Waals surface area contributed by atoms with E-state index < -0.39 is 0 Å². The zero-order valence-corrected chi connectivity index (χ0v) is 13.4. The van der Waals surface area contributed by atoms with Crippen molar-refractivity contribution < 1.29 is 9.53 Å². The van der Waals surface area contributed by atoms with Crippen LogP contribution in [0.2, 0.25) is 0 Å². The summed E-state index contributed by atoms with van der Waals surface area (Å²) in [6, 6.07) is 12.3. The van der Waals surface area contributed by atoms with E-state index >= 15 is 0 Å². The summed E-state index contributed by atoms with van der Waals surface area (Å²) in [7, 11) is 1.65. The molecule has 0 spiro atoms. The number of hydrogen-bond donors (Lipinski definition) is 1. The monoisotopic (exact) mass is 310 g/mol. The topological polar surface area (TPSA) is 55.6 Å². The van der Waals surface area contributed by atoms with Gasteiger partial charge in [0.2, 0.25) is 5.91 Å². The number of carbonyl (C=O) groups excluding carboxylic acids is 1. The van der Waals surface area contributed by atoms with Crippen LogP contribution in [0.4, 0.5) is 0 Å². The number of hydrogen-bond acceptors (Lipinski definition) is 3. The Balaban J connectivity index is 1.86. The molecule has 120 valence electrons. The second-order valence-corrected chi connectivity index (χ2v) is 5.90. The SMILES string of the molecule is COc1ccc2ccccc2c1/C=C/C(=O)N1CCC(N)CC1. The third-order valence-electron chi connectivity index (χ3n) is 4.39. The Morgan fingerprint density at radius 3 is 2.70 bits per heavy atom. The lowest BCUT2D eigenvalue weighted by atomic mass is 10.0. The highest BCUT2D eigenvalue weighted by Gasteiger charge is 2.18. The van der Waals surface area contributed by atoms with Crippen molar-refractivity contribution in [3.05, 3.63) is 48.0 Å². The molecule has 1 amide bonds. The van der Waals surface area contributed by atoms with Crippen LogP contribution in [-0.4, -0.2) is 37.0 Å². The van der Waals surface area contributed by atoms with Gasteiger partial charge in [0.1, 0.15) is 5.75 Å². The molecule has 0 atom stereocenters. The van der Waals surface area contributed by atoms with Crippen LogP contribution in [0, 0.1) is 0 Å². The Kier molecular flexibility index (Phi) is 4.63. The minimum atomic E-state index is 0.0342. The fourth-order valence-electron chi connectivity index (χ4n) is 3.01.